The number of azide groups is 1. The van der Waals surface area contributed by atoms with Crippen molar-refractivity contribution >= 4 is 23.4 Å². The minimum Gasteiger partial charge on any atom is -0.126 e. The lowest BCUT2D eigenvalue weighted by atomic mass is 10.4. The molecule has 0 fully saturated rings. The lowest BCUT2D eigenvalue weighted by molar-refractivity contribution is 1.12. The number of hydrogen-bond donors (Lipinski definition) is 0. The third-order valence-corrected chi connectivity index (χ3v) is 2.53. The SMILES string of the molecule is [N-]=[N+]=NCCSc1cccc(Cl)c1. The summed E-state index contributed by atoms with van der Waals surface area (Å²) in [5.74, 6) is 0.782. The van der Waals surface area contributed by atoms with Crippen LogP contribution in [0.5, 0.6) is 0 Å². The Morgan fingerprint density at radius 1 is 1.54 bits per heavy atom. The average Bonchev–Trinajstić information content (AvgIpc) is 2.13. The summed E-state index contributed by atoms with van der Waals surface area (Å²) in [6.45, 7) is 0.508. The molecule has 0 heterocycles. The van der Waals surface area contributed by atoms with Gasteiger partial charge in [0.25, 0.3) is 0 Å². The van der Waals surface area contributed by atoms with Crippen LogP contribution in [-0.4, -0.2) is 12.3 Å². The smallest absolute Gasteiger partial charge is 0.0417 e. The Labute approximate surface area is 85.7 Å². The van der Waals surface area contributed by atoms with Crippen LogP contribution >= 0.6 is 23.4 Å². The Bertz CT molecular complexity index is 323. The average molecular weight is 214 g/mol. The molecule has 3 nitrogen and oxygen atoms in total. The molecule has 0 bridgehead atoms. The quantitative estimate of drug-likeness (QED) is 0.247. The molecule has 0 aliphatic heterocycles. The van der Waals surface area contributed by atoms with Gasteiger partial charge in [0.15, 0.2) is 0 Å². The van der Waals surface area contributed by atoms with Gasteiger partial charge in [0, 0.05) is 27.1 Å². The van der Waals surface area contributed by atoms with Crippen molar-refractivity contribution in [2.75, 3.05) is 12.3 Å². The zero-order valence-electron chi connectivity index (χ0n) is 6.85. The predicted molar refractivity (Wildman–Crippen MR) is 56.2 cm³/mol. The fourth-order valence-corrected chi connectivity index (χ4v) is 1.85. The van der Waals surface area contributed by atoms with Gasteiger partial charge in [-0.05, 0) is 23.7 Å². The number of nitrogens with zero attached hydrogens (tertiary/aromatic N) is 3. The summed E-state index contributed by atoms with van der Waals surface area (Å²) in [6.07, 6.45) is 0. The standard InChI is InChI=1S/C8H8ClN3S/c9-7-2-1-3-8(6-7)13-5-4-11-12-10/h1-3,6H,4-5H2. The molecule has 1 aromatic rings. The van der Waals surface area contributed by atoms with Crippen molar-refractivity contribution < 1.29 is 0 Å². The second-order valence-electron chi connectivity index (χ2n) is 2.26. The van der Waals surface area contributed by atoms with Crippen LogP contribution in [0.25, 0.3) is 10.4 Å². The van der Waals surface area contributed by atoms with Gasteiger partial charge in [0.2, 0.25) is 0 Å². The van der Waals surface area contributed by atoms with Gasteiger partial charge < -0.3 is 0 Å². The van der Waals surface area contributed by atoms with Gasteiger partial charge >= 0.3 is 0 Å². The highest BCUT2D eigenvalue weighted by Gasteiger charge is 1.93. The van der Waals surface area contributed by atoms with Gasteiger partial charge in [-0.2, -0.15) is 0 Å². The van der Waals surface area contributed by atoms with Crippen LogP contribution in [0.15, 0.2) is 34.3 Å². The van der Waals surface area contributed by atoms with Crippen LogP contribution in [0.1, 0.15) is 0 Å². The van der Waals surface area contributed by atoms with Crippen molar-refractivity contribution in [3.63, 3.8) is 0 Å². The molecule has 1 rings (SSSR count). The van der Waals surface area contributed by atoms with Crippen LogP contribution in [-0.2, 0) is 0 Å². The molecule has 1 aromatic carbocycles. The molecule has 0 saturated carbocycles. The lowest BCUT2D eigenvalue weighted by Gasteiger charge is -1.98. The normalized spacial score (nSPS) is 9.31. The van der Waals surface area contributed by atoms with E-state index in [1.807, 2.05) is 24.3 Å². The van der Waals surface area contributed by atoms with Crippen molar-refractivity contribution in [1.82, 2.24) is 0 Å². The maximum absolute atomic E-state index is 8.04. The highest BCUT2D eigenvalue weighted by Crippen LogP contribution is 2.21. The third kappa shape index (κ3) is 4.08. The summed E-state index contributed by atoms with van der Waals surface area (Å²) in [7, 11) is 0. The summed E-state index contributed by atoms with van der Waals surface area (Å²) in [5, 5.41) is 4.17. The number of benzene rings is 1. The van der Waals surface area contributed by atoms with Crippen molar-refractivity contribution in [2.24, 2.45) is 5.11 Å². The molecule has 5 heteroatoms. The van der Waals surface area contributed by atoms with Crippen LogP contribution in [0.3, 0.4) is 0 Å². The molecule has 0 amide bonds. The van der Waals surface area contributed by atoms with Crippen molar-refractivity contribution in [3.05, 3.63) is 39.7 Å². The number of rotatable bonds is 4. The zero-order chi connectivity index (χ0) is 9.52. The van der Waals surface area contributed by atoms with E-state index in [9.17, 15) is 0 Å². The number of halogens is 1. The Morgan fingerprint density at radius 3 is 3.08 bits per heavy atom. The topological polar surface area (TPSA) is 48.8 Å². The molecule has 0 aromatic heterocycles. The van der Waals surface area contributed by atoms with Gasteiger partial charge in [-0.15, -0.1) is 11.8 Å². The van der Waals surface area contributed by atoms with E-state index in [-0.39, 0.29) is 0 Å². The molecule has 0 unspecified atom stereocenters. The Balaban J connectivity index is 2.40. The molecular formula is C8H8ClN3S. The number of thioether (sulfide) groups is 1. The number of hydrogen-bond acceptors (Lipinski definition) is 2. The van der Waals surface area contributed by atoms with Gasteiger partial charge in [-0.25, -0.2) is 0 Å². The van der Waals surface area contributed by atoms with Crippen LogP contribution in [0, 0.1) is 0 Å². The predicted octanol–water partition coefficient (Wildman–Crippen LogP) is 3.74. The Kier molecular flexibility index (Phi) is 4.54. The largest absolute Gasteiger partial charge is 0.126 e. The van der Waals surface area contributed by atoms with Crippen molar-refractivity contribution in [3.8, 4) is 0 Å². The fourth-order valence-electron chi connectivity index (χ4n) is 0.806. The third-order valence-electron chi connectivity index (χ3n) is 1.32. The summed E-state index contributed by atoms with van der Waals surface area (Å²) < 4.78 is 0. The van der Waals surface area contributed by atoms with Gasteiger partial charge in [-0.1, -0.05) is 22.8 Å². The Morgan fingerprint density at radius 2 is 2.38 bits per heavy atom. The fraction of sp³-hybridized carbons (Fsp3) is 0.250. The van der Waals surface area contributed by atoms with E-state index >= 15 is 0 Å². The lowest BCUT2D eigenvalue weighted by Crippen LogP contribution is -1.82. The summed E-state index contributed by atoms with van der Waals surface area (Å²) in [6, 6.07) is 7.60. The van der Waals surface area contributed by atoms with Crippen LogP contribution < -0.4 is 0 Å². The van der Waals surface area contributed by atoms with E-state index in [0.29, 0.717) is 6.54 Å². The van der Waals surface area contributed by atoms with E-state index < -0.39 is 0 Å². The molecule has 68 valence electrons. The molecular weight excluding hydrogens is 206 g/mol. The summed E-state index contributed by atoms with van der Waals surface area (Å²) in [4.78, 5) is 3.77. The van der Waals surface area contributed by atoms with E-state index in [4.69, 9.17) is 17.1 Å². The van der Waals surface area contributed by atoms with Gasteiger partial charge in [0.1, 0.15) is 0 Å². The molecule has 13 heavy (non-hydrogen) atoms. The van der Waals surface area contributed by atoms with Crippen LogP contribution in [0.4, 0.5) is 0 Å². The second kappa shape index (κ2) is 5.75. The first kappa shape index (κ1) is 10.3. The first-order chi connectivity index (χ1) is 6.33. The molecule has 0 aliphatic rings. The molecule has 0 atom stereocenters. The highest BCUT2D eigenvalue weighted by atomic mass is 35.5. The van der Waals surface area contributed by atoms with Crippen molar-refractivity contribution in [2.45, 2.75) is 4.90 Å². The van der Waals surface area contributed by atoms with E-state index in [1.165, 1.54) is 0 Å². The highest BCUT2D eigenvalue weighted by molar-refractivity contribution is 7.99. The van der Waals surface area contributed by atoms with E-state index in [1.54, 1.807) is 11.8 Å². The minimum absolute atomic E-state index is 0.508. The maximum Gasteiger partial charge on any atom is 0.0417 e. The van der Waals surface area contributed by atoms with E-state index in [0.717, 1.165) is 15.7 Å². The maximum atomic E-state index is 8.04. The first-order valence-electron chi connectivity index (χ1n) is 3.72. The van der Waals surface area contributed by atoms with Gasteiger partial charge in [0.05, 0.1) is 0 Å². The van der Waals surface area contributed by atoms with Gasteiger partial charge in [-0.3, -0.25) is 0 Å². The molecule has 0 spiro atoms. The summed E-state index contributed by atoms with van der Waals surface area (Å²) in [5.41, 5.74) is 8.04. The first-order valence-corrected chi connectivity index (χ1v) is 5.08. The van der Waals surface area contributed by atoms with Crippen LogP contribution in [0.2, 0.25) is 5.02 Å². The Hall–Kier alpha value is -0.830. The summed E-state index contributed by atoms with van der Waals surface area (Å²) >= 11 is 7.41. The second-order valence-corrected chi connectivity index (χ2v) is 3.87. The molecule has 0 radical (unpaired) electrons. The molecule has 0 saturated heterocycles. The zero-order valence-corrected chi connectivity index (χ0v) is 8.42. The molecule has 0 aliphatic carbocycles. The monoisotopic (exact) mass is 213 g/mol. The molecule has 0 N–H and O–H groups in total. The van der Waals surface area contributed by atoms with Crippen molar-refractivity contribution in [1.29, 1.82) is 0 Å². The minimum atomic E-state index is 0.508. The van der Waals surface area contributed by atoms with E-state index in [2.05, 4.69) is 10.0 Å².